The van der Waals surface area contributed by atoms with E-state index in [1.54, 1.807) is 0 Å². The van der Waals surface area contributed by atoms with Gasteiger partial charge in [-0.1, -0.05) is 127 Å². The van der Waals surface area contributed by atoms with Crippen molar-refractivity contribution in [3.05, 3.63) is 127 Å². The molecule has 0 N–H and O–H groups in total. The maximum absolute atomic E-state index is 2.23. The number of benzene rings is 4. The standard InChI is InChI=1S/C18H15P.C7H8.BrH/c1-4-10-16(11-5-1)19(17-12-6-2-7-13-17)18-14-8-3-9-15-18;1-7-5-3-2-4-6-7;/h1-15H;2-6H,1H3;1H. The molecule has 0 atom stereocenters. The third-order valence-corrected chi connectivity index (χ3v) is 6.43. The summed E-state index contributed by atoms with van der Waals surface area (Å²) in [6.07, 6.45) is 0. The molecule has 136 valence electrons. The molecule has 0 unspecified atom stereocenters. The summed E-state index contributed by atoms with van der Waals surface area (Å²) in [4.78, 5) is 0. The molecule has 0 aliphatic heterocycles. The lowest BCUT2D eigenvalue weighted by Crippen LogP contribution is -2.20. The zero-order valence-corrected chi connectivity index (χ0v) is 18.0. The monoisotopic (exact) mass is 434 g/mol. The molecule has 0 saturated heterocycles. The quantitative estimate of drug-likeness (QED) is 0.346. The fourth-order valence-corrected chi connectivity index (χ4v) is 5.02. The Morgan fingerprint density at radius 2 is 0.667 bits per heavy atom. The Morgan fingerprint density at radius 3 is 0.889 bits per heavy atom. The Labute approximate surface area is 174 Å². The summed E-state index contributed by atoms with van der Waals surface area (Å²) in [5, 5.41) is 4.19. The molecule has 0 saturated carbocycles. The number of hydrogen-bond donors (Lipinski definition) is 0. The van der Waals surface area contributed by atoms with Gasteiger partial charge in [-0.25, -0.2) is 0 Å². The van der Waals surface area contributed by atoms with Crippen molar-refractivity contribution in [1.29, 1.82) is 0 Å². The number of hydrogen-bond acceptors (Lipinski definition) is 0. The van der Waals surface area contributed by atoms with Crippen molar-refractivity contribution < 1.29 is 0 Å². The lowest BCUT2D eigenvalue weighted by Gasteiger charge is -2.18. The Kier molecular flexibility index (Phi) is 8.98. The van der Waals surface area contributed by atoms with Crippen LogP contribution in [0.2, 0.25) is 0 Å². The molecule has 0 aliphatic rings. The molecule has 2 heteroatoms. The van der Waals surface area contributed by atoms with Crippen LogP contribution in [-0.4, -0.2) is 0 Å². The van der Waals surface area contributed by atoms with Crippen LogP contribution in [0.4, 0.5) is 0 Å². The summed E-state index contributed by atoms with van der Waals surface area (Å²) in [5.74, 6) is 0. The Bertz CT molecular complexity index is 784. The van der Waals surface area contributed by atoms with Crippen LogP contribution in [0.5, 0.6) is 0 Å². The van der Waals surface area contributed by atoms with Crippen molar-refractivity contribution in [2.45, 2.75) is 6.92 Å². The van der Waals surface area contributed by atoms with Gasteiger partial charge in [0, 0.05) is 0 Å². The summed E-state index contributed by atoms with van der Waals surface area (Å²) < 4.78 is 0. The van der Waals surface area contributed by atoms with E-state index in [0.29, 0.717) is 0 Å². The van der Waals surface area contributed by atoms with E-state index in [1.165, 1.54) is 21.5 Å². The Balaban J connectivity index is 0.000000278. The third-order valence-electron chi connectivity index (χ3n) is 3.98. The molecular formula is C25H24BrP. The highest BCUT2D eigenvalue weighted by molar-refractivity contribution is 8.93. The van der Waals surface area contributed by atoms with Crippen LogP contribution in [0.1, 0.15) is 5.56 Å². The van der Waals surface area contributed by atoms with Gasteiger partial charge in [-0.2, -0.15) is 0 Å². The molecule has 0 bridgehead atoms. The first-order valence-corrected chi connectivity index (χ1v) is 10.2. The van der Waals surface area contributed by atoms with Gasteiger partial charge >= 0.3 is 0 Å². The molecule has 0 heterocycles. The molecule has 0 nitrogen and oxygen atoms in total. The van der Waals surface area contributed by atoms with Crippen LogP contribution >= 0.6 is 24.9 Å². The van der Waals surface area contributed by atoms with Crippen LogP contribution in [0, 0.1) is 6.92 Å². The fourth-order valence-electron chi connectivity index (χ4n) is 2.71. The molecule has 0 aliphatic carbocycles. The fraction of sp³-hybridized carbons (Fsp3) is 0.0400. The molecule has 0 spiro atoms. The van der Waals surface area contributed by atoms with Gasteiger partial charge < -0.3 is 0 Å². The van der Waals surface area contributed by atoms with E-state index in [9.17, 15) is 0 Å². The van der Waals surface area contributed by atoms with Gasteiger partial charge in [0.15, 0.2) is 0 Å². The maximum atomic E-state index is 2.23. The second-order valence-corrected chi connectivity index (χ2v) is 8.22. The van der Waals surface area contributed by atoms with Gasteiger partial charge in [-0.15, -0.1) is 17.0 Å². The minimum atomic E-state index is -0.446. The van der Waals surface area contributed by atoms with Gasteiger partial charge in [0.2, 0.25) is 0 Å². The van der Waals surface area contributed by atoms with Crippen molar-refractivity contribution in [2.75, 3.05) is 0 Å². The van der Waals surface area contributed by atoms with Gasteiger partial charge in [-0.05, 0) is 30.8 Å². The lowest BCUT2D eigenvalue weighted by molar-refractivity contribution is 1.48. The van der Waals surface area contributed by atoms with Crippen LogP contribution < -0.4 is 15.9 Å². The molecule has 4 aromatic carbocycles. The smallest absolute Gasteiger partial charge is 0.0134 e. The zero-order valence-electron chi connectivity index (χ0n) is 15.4. The van der Waals surface area contributed by atoms with Crippen molar-refractivity contribution in [2.24, 2.45) is 0 Å². The number of halogens is 1. The predicted octanol–water partition coefficient (Wildman–Crippen LogP) is 6.02. The molecule has 0 aromatic heterocycles. The van der Waals surface area contributed by atoms with E-state index in [-0.39, 0.29) is 17.0 Å². The average Bonchev–Trinajstić information content (AvgIpc) is 2.72. The maximum Gasteiger partial charge on any atom is -0.0134 e. The van der Waals surface area contributed by atoms with Crippen LogP contribution in [-0.2, 0) is 0 Å². The molecule has 0 radical (unpaired) electrons. The molecule has 0 fully saturated rings. The summed E-state index contributed by atoms with van der Waals surface area (Å²) in [5.41, 5.74) is 1.32. The Morgan fingerprint density at radius 1 is 0.407 bits per heavy atom. The number of rotatable bonds is 3. The zero-order chi connectivity index (χ0) is 18.0. The van der Waals surface area contributed by atoms with Crippen molar-refractivity contribution in [3.8, 4) is 0 Å². The van der Waals surface area contributed by atoms with Crippen LogP contribution in [0.3, 0.4) is 0 Å². The van der Waals surface area contributed by atoms with Crippen molar-refractivity contribution in [1.82, 2.24) is 0 Å². The van der Waals surface area contributed by atoms with E-state index >= 15 is 0 Å². The van der Waals surface area contributed by atoms with E-state index in [1.807, 2.05) is 18.2 Å². The van der Waals surface area contributed by atoms with E-state index < -0.39 is 7.92 Å². The second-order valence-electron chi connectivity index (χ2n) is 6.00. The van der Waals surface area contributed by atoms with Gasteiger partial charge in [0.05, 0.1) is 0 Å². The molecule has 27 heavy (non-hydrogen) atoms. The summed E-state index contributed by atoms with van der Waals surface area (Å²) in [6.45, 7) is 2.08. The van der Waals surface area contributed by atoms with Gasteiger partial charge in [-0.3, -0.25) is 0 Å². The highest BCUT2D eigenvalue weighted by Gasteiger charge is 2.14. The van der Waals surface area contributed by atoms with Gasteiger partial charge in [0.25, 0.3) is 0 Å². The predicted molar refractivity (Wildman–Crippen MR) is 127 cm³/mol. The first kappa shape index (κ1) is 21.1. The van der Waals surface area contributed by atoms with Gasteiger partial charge in [0.1, 0.15) is 0 Å². The molecule has 4 rings (SSSR count). The Hall–Kier alpha value is -2.21. The van der Waals surface area contributed by atoms with E-state index in [4.69, 9.17) is 0 Å². The topological polar surface area (TPSA) is 0 Å². The second kappa shape index (κ2) is 11.5. The first-order valence-electron chi connectivity index (χ1n) is 8.81. The summed E-state index contributed by atoms with van der Waals surface area (Å²) >= 11 is 0. The molecule has 4 aromatic rings. The van der Waals surface area contributed by atoms with Crippen LogP contribution in [0.25, 0.3) is 0 Å². The van der Waals surface area contributed by atoms with Crippen molar-refractivity contribution in [3.63, 3.8) is 0 Å². The summed E-state index contributed by atoms with van der Waals surface area (Å²) in [6, 6.07) is 42.6. The summed E-state index contributed by atoms with van der Waals surface area (Å²) in [7, 11) is -0.446. The average molecular weight is 435 g/mol. The normalized spacial score (nSPS) is 9.70. The molecule has 0 amide bonds. The van der Waals surface area contributed by atoms with Crippen LogP contribution in [0.15, 0.2) is 121 Å². The number of aryl methyl sites for hydroxylation is 1. The van der Waals surface area contributed by atoms with E-state index in [0.717, 1.165) is 0 Å². The highest BCUT2D eigenvalue weighted by atomic mass is 79.9. The molecular weight excluding hydrogens is 411 g/mol. The highest BCUT2D eigenvalue weighted by Crippen LogP contribution is 2.32. The van der Waals surface area contributed by atoms with E-state index in [2.05, 4.69) is 110 Å². The SMILES string of the molecule is Br.Cc1ccccc1.c1ccc(P(c2ccccc2)c2ccccc2)cc1. The third kappa shape index (κ3) is 6.47. The first-order chi connectivity index (χ1) is 12.8. The largest absolute Gasteiger partial charge is 0.114 e. The minimum Gasteiger partial charge on any atom is -0.114 e. The lowest BCUT2D eigenvalue weighted by atomic mass is 10.2. The van der Waals surface area contributed by atoms with Crippen molar-refractivity contribution >= 4 is 40.8 Å². The minimum absolute atomic E-state index is 0.